The first-order valence-electron chi connectivity index (χ1n) is 7.55. The van der Waals surface area contributed by atoms with E-state index in [-0.39, 0.29) is 34.9 Å². The second kappa shape index (κ2) is 4.19. The summed E-state index contributed by atoms with van der Waals surface area (Å²) in [5.41, 5.74) is 0.459. The lowest BCUT2D eigenvalue weighted by atomic mass is 9.68. The fourth-order valence-electron chi connectivity index (χ4n) is 4.82. The molecule has 3 fully saturated rings. The Morgan fingerprint density at radius 1 is 1.37 bits per heavy atom. The van der Waals surface area contributed by atoms with Crippen molar-refractivity contribution in [1.29, 1.82) is 0 Å². The van der Waals surface area contributed by atoms with Crippen LogP contribution in [0.25, 0.3) is 0 Å². The van der Waals surface area contributed by atoms with Crippen molar-refractivity contribution in [2.45, 2.75) is 64.6 Å². The number of nitrogens with one attached hydrogen (secondary N) is 2. The number of fused-ring (bicyclic) bond motifs is 2. The van der Waals surface area contributed by atoms with Crippen molar-refractivity contribution >= 4 is 5.91 Å². The SMILES string of the molecule is CC12CCC(C1)C(C)(C)C2NC(=O)C1CC(O)CN1. The van der Waals surface area contributed by atoms with Gasteiger partial charge in [0.1, 0.15) is 0 Å². The lowest BCUT2D eigenvalue weighted by Crippen LogP contribution is -2.55. The van der Waals surface area contributed by atoms with E-state index >= 15 is 0 Å². The van der Waals surface area contributed by atoms with Crippen LogP contribution in [0.2, 0.25) is 0 Å². The van der Waals surface area contributed by atoms with Crippen LogP contribution >= 0.6 is 0 Å². The van der Waals surface area contributed by atoms with E-state index in [0.29, 0.717) is 13.0 Å². The first kappa shape index (κ1) is 13.4. The molecular formula is C15H26N2O2. The first-order valence-corrected chi connectivity index (χ1v) is 7.55. The zero-order valence-electron chi connectivity index (χ0n) is 12.2. The smallest absolute Gasteiger partial charge is 0.237 e. The molecule has 1 saturated heterocycles. The van der Waals surface area contributed by atoms with Gasteiger partial charge in [-0.15, -0.1) is 0 Å². The maximum Gasteiger partial charge on any atom is 0.237 e. The lowest BCUT2D eigenvalue weighted by Gasteiger charge is -2.43. The molecule has 108 valence electrons. The molecule has 5 atom stereocenters. The summed E-state index contributed by atoms with van der Waals surface area (Å²) in [6.07, 6.45) is 3.94. The average Bonchev–Trinajstić information content (AvgIpc) is 2.96. The molecule has 3 N–H and O–H groups in total. The first-order chi connectivity index (χ1) is 8.83. The van der Waals surface area contributed by atoms with Gasteiger partial charge in [-0.1, -0.05) is 20.8 Å². The van der Waals surface area contributed by atoms with Gasteiger partial charge in [-0.25, -0.2) is 0 Å². The second-order valence-electron chi connectivity index (χ2n) is 7.71. The van der Waals surface area contributed by atoms with Crippen LogP contribution in [-0.2, 0) is 4.79 Å². The molecule has 1 amide bonds. The van der Waals surface area contributed by atoms with E-state index in [4.69, 9.17) is 0 Å². The molecule has 2 saturated carbocycles. The van der Waals surface area contributed by atoms with E-state index in [1.165, 1.54) is 19.3 Å². The Kier molecular flexibility index (Phi) is 2.95. The van der Waals surface area contributed by atoms with Crippen LogP contribution in [0.15, 0.2) is 0 Å². The fraction of sp³-hybridized carbons (Fsp3) is 0.933. The zero-order chi connectivity index (χ0) is 13.8. The lowest BCUT2D eigenvalue weighted by molar-refractivity contribution is -0.125. The summed E-state index contributed by atoms with van der Waals surface area (Å²) in [4.78, 5) is 12.4. The van der Waals surface area contributed by atoms with Crippen LogP contribution in [0.3, 0.4) is 0 Å². The number of β-amino-alcohol motifs (C(OH)–C–C–N with tert-alkyl or cyclic N) is 1. The van der Waals surface area contributed by atoms with Crippen molar-refractivity contribution in [1.82, 2.24) is 10.6 Å². The summed E-state index contributed by atoms with van der Waals surface area (Å²) < 4.78 is 0. The molecule has 19 heavy (non-hydrogen) atoms. The average molecular weight is 266 g/mol. The molecule has 2 bridgehead atoms. The van der Waals surface area contributed by atoms with Gasteiger partial charge in [0.25, 0.3) is 0 Å². The van der Waals surface area contributed by atoms with E-state index in [9.17, 15) is 9.90 Å². The van der Waals surface area contributed by atoms with Crippen molar-refractivity contribution in [3.8, 4) is 0 Å². The molecule has 0 radical (unpaired) electrons. The molecule has 5 unspecified atom stereocenters. The molecule has 0 aromatic carbocycles. The Balaban J connectivity index is 1.71. The number of aliphatic hydroxyl groups excluding tert-OH is 1. The molecule has 0 aromatic heterocycles. The molecule has 0 aromatic rings. The predicted molar refractivity (Wildman–Crippen MR) is 73.6 cm³/mol. The largest absolute Gasteiger partial charge is 0.392 e. The van der Waals surface area contributed by atoms with Crippen molar-refractivity contribution in [3.63, 3.8) is 0 Å². The van der Waals surface area contributed by atoms with Crippen molar-refractivity contribution in [2.75, 3.05) is 6.54 Å². The summed E-state index contributed by atoms with van der Waals surface area (Å²) in [6.45, 7) is 7.45. The number of carbonyl (C=O) groups excluding carboxylic acids is 1. The maximum atomic E-state index is 12.4. The van der Waals surface area contributed by atoms with Gasteiger partial charge in [0.15, 0.2) is 0 Å². The number of aliphatic hydroxyl groups is 1. The van der Waals surface area contributed by atoms with Gasteiger partial charge in [-0.05, 0) is 42.4 Å². The van der Waals surface area contributed by atoms with Crippen LogP contribution in [0.4, 0.5) is 0 Å². The number of hydrogen-bond donors (Lipinski definition) is 3. The highest BCUT2D eigenvalue weighted by Gasteiger charge is 2.59. The van der Waals surface area contributed by atoms with Crippen molar-refractivity contribution < 1.29 is 9.90 Å². The standard InChI is InChI=1S/C15H26N2O2/c1-14(2)9-4-5-15(3,7-9)13(14)17-12(19)11-6-10(18)8-16-11/h9-11,13,16,18H,4-8H2,1-3H3,(H,17,19). The fourth-order valence-corrected chi connectivity index (χ4v) is 4.82. The van der Waals surface area contributed by atoms with E-state index in [1.807, 2.05) is 0 Å². The third-order valence-corrected chi connectivity index (χ3v) is 5.98. The minimum absolute atomic E-state index is 0.0726. The van der Waals surface area contributed by atoms with E-state index in [2.05, 4.69) is 31.4 Å². The number of rotatable bonds is 2. The molecular weight excluding hydrogens is 240 g/mol. The number of hydrogen-bond acceptors (Lipinski definition) is 3. The topological polar surface area (TPSA) is 61.4 Å². The van der Waals surface area contributed by atoms with Gasteiger partial charge >= 0.3 is 0 Å². The summed E-state index contributed by atoms with van der Waals surface area (Å²) in [5.74, 6) is 0.813. The van der Waals surface area contributed by atoms with Crippen LogP contribution < -0.4 is 10.6 Å². The summed E-state index contributed by atoms with van der Waals surface area (Å²) in [5, 5.41) is 15.9. The molecule has 2 aliphatic carbocycles. The highest BCUT2D eigenvalue weighted by Crippen LogP contribution is 2.62. The highest BCUT2D eigenvalue weighted by atomic mass is 16.3. The Hall–Kier alpha value is -0.610. The summed E-state index contributed by atoms with van der Waals surface area (Å²) in [6, 6.07) is 0.0549. The van der Waals surface area contributed by atoms with E-state index < -0.39 is 0 Å². The minimum Gasteiger partial charge on any atom is -0.392 e. The van der Waals surface area contributed by atoms with Crippen molar-refractivity contribution in [3.05, 3.63) is 0 Å². The molecule has 1 heterocycles. The van der Waals surface area contributed by atoms with Crippen LogP contribution in [0, 0.1) is 16.7 Å². The predicted octanol–water partition coefficient (Wildman–Crippen LogP) is 1.04. The monoisotopic (exact) mass is 266 g/mol. The van der Waals surface area contributed by atoms with Gasteiger partial charge in [-0.2, -0.15) is 0 Å². The third-order valence-electron chi connectivity index (χ3n) is 5.98. The summed E-state index contributed by atoms with van der Waals surface area (Å²) >= 11 is 0. The Morgan fingerprint density at radius 2 is 2.11 bits per heavy atom. The third kappa shape index (κ3) is 2.00. The Labute approximate surface area is 115 Å². The van der Waals surface area contributed by atoms with Gasteiger partial charge < -0.3 is 15.7 Å². The highest BCUT2D eigenvalue weighted by molar-refractivity contribution is 5.82. The van der Waals surface area contributed by atoms with Gasteiger partial charge in [-0.3, -0.25) is 4.79 Å². The Morgan fingerprint density at radius 3 is 2.63 bits per heavy atom. The maximum absolute atomic E-state index is 12.4. The molecule has 4 heteroatoms. The molecule has 0 spiro atoms. The van der Waals surface area contributed by atoms with Gasteiger partial charge in [0.2, 0.25) is 5.91 Å². The van der Waals surface area contributed by atoms with Crippen LogP contribution in [0.5, 0.6) is 0 Å². The summed E-state index contributed by atoms with van der Waals surface area (Å²) in [7, 11) is 0. The Bertz CT molecular complexity index is 391. The molecule has 3 aliphatic rings. The number of amides is 1. The molecule has 4 nitrogen and oxygen atoms in total. The molecule has 3 rings (SSSR count). The number of carbonyl (C=O) groups is 1. The quantitative estimate of drug-likeness (QED) is 0.700. The zero-order valence-corrected chi connectivity index (χ0v) is 12.2. The van der Waals surface area contributed by atoms with Crippen LogP contribution in [0.1, 0.15) is 46.5 Å². The van der Waals surface area contributed by atoms with Gasteiger partial charge in [0, 0.05) is 12.6 Å². The molecule has 1 aliphatic heterocycles. The van der Waals surface area contributed by atoms with E-state index in [0.717, 1.165) is 5.92 Å². The van der Waals surface area contributed by atoms with Crippen LogP contribution in [-0.4, -0.2) is 35.7 Å². The van der Waals surface area contributed by atoms with Crippen molar-refractivity contribution in [2.24, 2.45) is 16.7 Å². The second-order valence-corrected chi connectivity index (χ2v) is 7.71. The van der Waals surface area contributed by atoms with E-state index in [1.54, 1.807) is 0 Å². The normalized spacial score (nSPS) is 47.6. The van der Waals surface area contributed by atoms with Gasteiger partial charge in [0.05, 0.1) is 12.1 Å². The minimum atomic E-state index is -0.376.